The number of nitrogens with zero attached hydrogens (tertiary/aromatic N) is 4. The average Bonchev–Trinajstić information content (AvgIpc) is 1.66. The number of nitrogens with two attached hydrogens (primary N) is 2. The Morgan fingerprint density at radius 2 is 1.47 bits per heavy atom. The number of benzene rings is 2. The Bertz CT molecular complexity index is 4290. The number of primary amides is 2. The average molecular weight is 1660 g/mol. The smallest absolute Gasteiger partial charge is 0.409 e. The maximum atomic E-state index is 16.4. The van der Waals surface area contributed by atoms with Crippen LogP contribution in [0, 0.1) is 41.4 Å². The molecule has 1 aromatic heterocycles. The van der Waals surface area contributed by atoms with Crippen molar-refractivity contribution in [2.24, 2.45) is 52.9 Å². The summed E-state index contributed by atoms with van der Waals surface area (Å²) in [6.07, 6.45) is -6.13. The molecule has 8 bridgehead atoms. The molecule has 3 unspecified atom stereocenters. The summed E-state index contributed by atoms with van der Waals surface area (Å²) in [5.74, 6) is -20.6. The molecular weight excluding hydrogens is 1550 g/mol. The van der Waals surface area contributed by atoms with Crippen molar-refractivity contribution < 1.29 is 111 Å². The lowest BCUT2D eigenvalue weighted by atomic mass is 9.83. The van der Waals surface area contributed by atoms with Gasteiger partial charge in [0.1, 0.15) is 29.2 Å². The lowest BCUT2D eigenvalue weighted by Crippen LogP contribution is -2.72. The number of aromatic amines is 1. The molecule has 0 spiro atoms. The summed E-state index contributed by atoms with van der Waals surface area (Å²) in [5.41, 5.74) is 8.89. The highest BCUT2D eigenvalue weighted by Gasteiger charge is 2.63. The number of H-pyrrole nitrogens is 1. The van der Waals surface area contributed by atoms with E-state index in [4.69, 9.17) is 20.9 Å². The van der Waals surface area contributed by atoms with Crippen molar-refractivity contribution in [2.45, 2.75) is 198 Å². The van der Waals surface area contributed by atoms with Crippen molar-refractivity contribution in [3.05, 3.63) is 59.2 Å². The van der Waals surface area contributed by atoms with Crippen LogP contribution < -0.4 is 53.4 Å². The number of urea groups is 1. The molecule has 7 heterocycles. The Labute approximate surface area is 678 Å². The largest absolute Gasteiger partial charge is 0.465 e. The summed E-state index contributed by atoms with van der Waals surface area (Å²) in [6.45, 7) is 5.65. The molecule has 3 aromatic rings. The van der Waals surface area contributed by atoms with Gasteiger partial charge in [-0.05, 0) is 72.8 Å². The summed E-state index contributed by atoms with van der Waals surface area (Å²) in [5, 5.41) is 51.6. The number of hydrogen-bond donors (Lipinski definition) is 13. The van der Waals surface area contributed by atoms with E-state index in [0.717, 1.165) is 14.7 Å². The lowest BCUT2D eigenvalue weighted by molar-refractivity contribution is -0.167. The Balaban J connectivity index is 1.07. The maximum absolute atomic E-state index is 16.4. The number of amides is 14. The third-order valence-corrected chi connectivity index (χ3v) is 23.9. The number of likely N-dealkylation sites (tertiary alicyclic amines) is 1. The van der Waals surface area contributed by atoms with Crippen LogP contribution in [-0.2, 0) is 107 Å². The quantitative estimate of drug-likeness (QED) is 0.0201. The number of Topliss-reactive ketones (excluding diaryl/α,β-unsaturated/α-hetero) is 4. The molecule has 37 nitrogen and oxygen atoms in total. The zero-order chi connectivity index (χ0) is 86.0. The second-order valence-corrected chi connectivity index (χ2v) is 33.0. The van der Waals surface area contributed by atoms with Crippen LogP contribution in [0.3, 0.4) is 0 Å². The molecule has 6 aliphatic rings. The van der Waals surface area contributed by atoms with Crippen molar-refractivity contribution in [3.63, 3.8) is 0 Å². The van der Waals surface area contributed by atoms with Crippen LogP contribution in [-0.4, -0.2) is 265 Å². The van der Waals surface area contributed by atoms with E-state index in [-0.39, 0.29) is 121 Å². The van der Waals surface area contributed by atoms with Gasteiger partial charge in [0.25, 0.3) is 17.4 Å². The Morgan fingerprint density at radius 1 is 0.795 bits per heavy atom. The summed E-state index contributed by atoms with van der Waals surface area (Å²) < 4.78 is 27.8. The SMILES string of the molecule is CC[C@H](C)[C@@H]1NC(=O)CNC(=O)[C@@H]2CC(=O)[C@H]([C@@H](C)[C@@H](O)CO)NC(=O)C3(C(=O)N(C)CCN(C)C(=O)OCc4ccc(CC(=O)[C@H](CCCNC(N)=O)NC(=O)[C@@H](CC(=O)CCCCCN5C(=O)CC(C)C5=O)C(C)C)cc4)Oc4ccc5c(c([nH]c5c4)S(=O)C[C@H](NC(=O)CNC1=O)C(=O)C[C@@H](CC(N)=O)C(=O)N1C[C@H](O)C[C@H]13)C2. The summed E-state index contributed by atoms with van der Waals surface area (Å²) >= 11 is 0. The van der Waals surface area contributed by atoms with Gasteiger partial charge >= 0.3 is 12.1 Å². The van der Waals surface area contributed by atoms with Crippen molar-refractivity contribution in [1.82, 2.24) is 61.8 Å². The monoisotopic (exact) mass is 1650 g/mol. The van der Waals surface area contributed by atoms with Crippen LogP contribution in [0.5, 0.6) is 5.75 Å². The highest BCUT2D eigenvalue weighted by molar-refractivity contribution is 7.85. The van der Waals surface area contributed by atoms with E-state index in [1.165, 1.54) is 44.1 Å². The molecule has 9 rings (SSSR count). The van der Waals surface area contributed by atoms with Gasteiger partial charge in [-0.15, -0.1) is 0 Å². The van der Waals surface area contributed by atoms with Crippen LogP contribution >= 0.6 is 0 Å². The molecule has 0 saturated carbocycles. The number of imide groups is 1. The molecule has 2 saturated heterocycles. The van der Waals surface area contributed by atoms with Crippen LogP contribution in [0.15, 0.2) is 47.5 Å². The third kappa shape index (κ3) is 23.6. The number of rotatable bonds is 31. The number of ketones is 4. The van der Waals surface area contributed by atoms with Crippen LogP contribution in [0.4, 0.5) is 9.59 Å². The maximum Gasteiger partial charge on any atom is 0.409 e. The fraction of sp³-hybridized carbons (Fsp3) is 0.608. The van der Waals surface area contributed by atoms with Gasteiger partial charge in [0.2, 0.25) is 53.2 Å². The normalized spacial score (nSPS) is 24.3. The number of nitrogens with one attached hydrogen (secondary N) is 8. The standard InChI is InChI=1S/C79H110N14O23S/c1-9-42(4)67-71(107)84-35-64(102)85-57-40-117(114)72-54-28-47(69(105)83-36-65(103)88-67)29-60(99)68(44(6)61(100)38-94)89-75(110)79(116-51-20-21-52(54)56(34-51)87-72,62-33-50(96)37-93(62)74(109)48(30-59(57)98)31-63(80)101)76(111)90(7)24-25-91(8)78(113)115-39-46-18-16-45(17-19-46)27-58(97)55(15-13-22-82-77(81)112)86-70(106)53(41(2)3)32-49(95)14-11-10-12-23-92-66(104)26-43(5)73(92)108/h16-21,34,41-44,47-48,50,53,55,57,61-62,67-68,87,94,96,100H,9-15,22-33,35-40H2,1-8H3,(H2,80,101)(H,83,105)(H,84,107)(H,85,102)(H,86,106)(H,88,103)(H,89,110)(H3,81,82,112)/t42-,43?,44-,47-,48-,50+,53-,55-,57-,61-,62-,67-,68-,79?,117?/m0/s1. The number of carbonyl (C=O) groups excluding carboxylic acids is 17. The number of aliphatic hydroxyl groups is 3. The molecule has 38 heteroatoms. The first-order valence-electron chi connectivity index (χ1n) is 39.6. The molecule has 2 fully saturated rings. The molecule has 0 aliphatic carbocycles. The van der Waals surface area contributed by atoms with Crippen molar-refractivity contribution in [1.29, 1.82) is 0 Å². The number of unbranched alkanes of at least 4 members (excludes halogenated alkanes) is 2. The first-order chi connectivity index (χ1) is 55.3. The topological polar surface area (TPSA) is 551 Å². The Morgan fingerprint density at radius 3 is 2.12 bits per heavy atom. The van der Waals surface area contributed by atoms with E-state index < -0.39 is 242 Å². The van der Waals surface area contributed by atoms with E-state index in [9.17, 15) is 72.9 Å². The van der Waals surface area contributed by atoms with Crippen LogP contribution in [0.25, 0.3) is 10.9 Å². The molecule has 6 aliphatic heterocycles. The minimum Gasteiger partial charge on any atom is -0.465 e. The number of carbonyl (C=O) groups is 17. The minimum absolute atomic E-state index is 0.0423. The first-order valence-corrected chi connectivity index (χ1v) is 40.9. The summed E-state index contributed by atoms with van der Waals surface area (Å²) in [6, 6.07) is 1.36. The number of likely N-dealkylation sites (N-methyl/N-ethyl adjacent to an activating group) is 2. The zero-order valence-corrected chi connectivity index (χ0v) is 68.0. The van der Waals surface area contributed by atoms with Gasteiger partial charge in [0, 0.05) is 133 Å². The lowest BCUT2D eigenvalue weighted by Gasteiger charge is -2.43. The van der Waals surface area contributed by atoms with Gasteiger partial charge < -0.3 is 93.2 Å². The van der Waals surface area contributed by atoms with E-state index in [0.29, 0.717) is 36.8 Å². The summed E-state index contributed by atoms with van der Waals surface area (Å²) in [7, 11) is 0.0291. The van der Waals surface area contributed by atoms with Gasteiger partial charge in [-0.1, -0.05) is 78.6 Å². The van der Waals surface area contributed by atoms with Crippen molar-refractivity contribution >= 4 is 122 Å². The van der Waals surface area contributed by atoms with Crippen molar-refractivity contribution in [3.8, 4) is 5.75 Å². The van der Waals surface area contributed by atoms with Gasteiger partial charge in [-0.3, -0.25) is 81.0 Å². The second kappa shape index (κ2) is 41.5. The Kier molecular flexibility index (Phi) is 32.6. The molecule has 117 heavy (non-hydrogen) atoms. The number of aliphatic hydroxyl groups excluding tert-OH is 3. The number of aromatic nitrogens is 1. The predicted octanol–water partition coefficient (Wildman–Crippen LogP) is -1.35. The third-order valence-electron chi connectivity index (χ3n) is 22.5. The number of fused-ring (bicyclic) bond motifs is 8. The Hall–Kier alpha value is -10.6. The molecule has 0 radical (unpaired) electrons. The predicted molar refractivity (Wildman–Crippen MR) is 418 cm³/mol. The van der Waals surface area contributed by atoms with E-state index >= 15 is 28.2 Å². The zero-order valence-electron chi connectivity index (χ0n) is 67.2. The molecule has 640 valence electrons. The highest BCUT2D eigenvalue weighted by atomic mass is 32.2. The number of ether oxygens (including phenoxy) is 2. The molecule has 2 aromatic carbocycles. The van der Waals surface area contributed by atoms with Crippen LogP contribution in [0.1, 0.15) is 142 Å². The van der Waals surface area contributed by atoms with Gasteiger partial charge in [-0.2, -0.15) is 0 Å². The van der Waals surface area contributed by atoms with Gasteiger partial charge in [-0.25, -0.2) is 9.59 Å². The summed E-state index contributed by atoms with van der Waals surface area (Å²) in [4.78, 5) is 247. The highest BCUT2D eigenvalue weighted by Crippen LogP contribution is 2.40. The minimum atomic E-state index is -3.25. The molecule has 15 N–H and O–H groups in total. The van der Waals surface area contributed by atoms with Gasteiger partial charge in [0.15, 0.2) is 17.3 Å². The van der Waals surface area contributed by atoms with Crippen LogP contribution in [0.2, 0.25) is 0 Å². The number of hydrogen-bond acceptors (Lipinski definition) is 23. The fourth-order valence-corrected chi connectivity index (χ4v) is 16.7. The van der Waals surface area contributed by atoms with E-state index in [2.05, 4.69) is 42.2 Å². The van der Waals surface area contributed by atoms with E-state index in [1.807, 2.05) is 0 Å². The van der Waals surface area contributed by atoms with Gasteiger partial charge in [0.05, 0.1) is 84.1 Å². The second-order valence-electron chi connectivity index (χ2n) is 31.6. The molecular formula is C79H110N14O23S. The van der Waals surface area contributed by atoms with E-state index in [1.54, 1.807) is 58.9 Å². The first kappa shape index (κ1) is 91.9. The molecule has 14 amide bonds. The fourth-order valence-electron chi connectivity index (χ4n) is 15.2. The van der Waals surface area contributed by atoms with Crippen molar-refractivity contribution in [2.75, 3.05) is 72.3 Å². The molecule has 15 atom stereocenters.